The molecule has 2 nitrogen and oxygen atoms in total. The van der Waals surface area contributed by atoms with E-state index in [9.17, 15) is 4.79 Å². The zero-order chi connectivity index (χ0) is 14.8. The summed E-state index contributed by atoms with van der Waals surface area (Å²) in [7, 11) is 1.57. The maximum Gasteiger partial charge on any atom is 0.153 e. The van der Waals surface area contributed by atoms with Gasteiger partial charge in [-0.2, -0.15) is 0 Å². The number of hydrogen-bond donors (Lipinski definition) is 0. The first-order valence-electron chi connectivity index (χ1n) is 6.86. The summed E-state index contributed by atoms with van der Waals surface area (Å²) in [6.07, 6.45) is 0.836. The molecule has 3 aromatic rings. The standard InChI is InChI=1S/C19H16O2/c1-13-7-8-14-5-3-4-6-17(14)19(13)15-9-10-18(21-2)16(11-15)12-20/h3-12H,1-2H3. The van der Waals surface area contributed by atoms with Crippen molar-refractivity contribution in [1.29, 1.82) is 0 Å². The fourth-order valence-electron chi connectivity index (χ4n) is 2.75. The van der Waals surface area contributed by atoms with Crippen molar-refractivity contribution in [3.05, 3.63) is 65.7 Å². The van der Waals surface area contributed by atoms with E-state index in [1.807, 2.05) is 30.3 Å². The minimum absolute atomic E-state index is 0.572. The molecule has 0 aliphatic carbocycles. The molecule has 0 aliphatic rings. The van der Waals surface area contributed by atoms with Crippen LogP contribution in [0, 0.1) is 6.92 Å². The molecule has 0 aliphatic heterocycles. The Kier molecular flexibility index (Phi) is 3.44. The van der Waals surface area contributed by atoms with Crippen LogP contribution in [-0.4, -0.2) is 13.4 Å². The molecule has 0 saturated carbocycles. The number of benzene rings is 3. The van der Waals surface area contributed by atoms with Gasteiger partial charge in [0.05, 0.1) is 12.7 Å². The van der Waals surface area contributed by atoms with Crippen LogP contribution in [-0.2, 0) is 0 Å². The number of aryl methyl sites for hydroxylation is 1. The van der Waals surface area contributed by atoms with E-state index in [-0.39, 0.29) is 0 Å². The van der Waals surface area contributed by atoms with Crippen LogP contribution < -0.4 is 4.74 Å². The fraction of sp³-hybridized carbons (Fsp3) is 0.105. The molecule has 0 heterocycles. The van der Waals surface area contributed by atoms with Crippen LogP contribution in [0.4, 0.5) is 0 Å². The van der Waals surface area contributed by atoms with Crippen molar-refractivity contribution in [3.8, 4) is 16.9 Å². The quantitative estimate of drug-likeness (QED) is 0.652. The first-order chi connectivity index (χ1) is 10.2. The number of rotatable bonds is 3. The second-order valence-corrected chi connectivity index (χ2v) is 5.05. The molecule has 0 aromatic heterocycles. The topological polar surface area (TPSA) is 26.3 Å². The van der Waals surface area contributed by atoms with Gasteiger partial charge in [0.15, 0.2) is 6.29 Å². The van der Waals surface area contributed by atoms with Crippen molar-refractivity contribution >= 4 is 17.1 Å². The molecular weight excluding hydrogens is 260 g/mol. The van der Waals surface area contributed by atoms with Gasteiger partial charge in [0.1, 0.15) is 5.75 Å². The Bertz CT molecular complexity index is 819. The lowest BCUT2D eigenvalue weighted by atomic mass is 9.93. The van der Waals surface area contributed by atoms with Crippen LogP contribution in [0.1, 0.15) is 15.9 Å². The van der Waals surface area contributed by atoms with Crippen molar-refractivity contribution in [3.63, 3.8) is 0 Å². The number of methoxy groups -OCH3 is 1. The van der Waals surface area contributed by atoms with E-state index in [4.69, 9.17) is 4.74 Å². The van der Waals surface area contributed by atoms with Gasteiger partial charge in [-0.15, -0.1) is 0 Å². The number of carbonyl (C=O) groups excluding carboxylic acids is 1. The number of ether oxygens (including phenoxy) is 1. The molecule has 3 rings (SSSR count). The van der Waals surface area contributed by atoms with E-state index in [1.54, 1.807) is 7.11 Å². The van der Waals surface area contributed by atoms with E-state index >= 15 is 0 Å². The second kappa shape index (κ2) is 5.41. The first kappa shape index (κ1) is 13.4. The lowest BCUT2D eigenvalue weighted by Gasteiger charge is -2.12. The molecule has 0 unspecified atom stereocenters. The molecule has 0 N–H and O–H groups in total. The van der Waals surface area contributed by atoms with Gasteiger partial charge >= 0.3 is 0 Å². The molecule has 21 heavy (non-hydrogen) atoms. The van der Waals surface area contributed by atoms with Crippen molar-refractivity contribution in [1.82, 2.24) is 0 Å². The van der Waals surface area contributed by atoms with E-state index in [1.165, 1.54) is 21.9 Å². The Labute approximate surface area is 124 Å². The summed E-state index contributed by atoms with van der Waals surface area (Å²) in [5, 5.41) is 2.39. The molecule has 0 atom stereocenters. The Hall–Kier alpha value is -2.61. The predicted octanol–water partition coefficient (Wildman–Crippen LogP) is 4.64. The van der Waals surface area contributed by atoms with Crippen LogP contribution in [0.2, 0.25) is 0 Å². The highest BCUT2D eigenvalue weighted by molar-refractivity contribution is 5.99. The zero-order valence-electron chi connectivity index (χ0n) is 12.1. The maximum atomic E-state index is 11.2. The minimum Gasteiger partial charge on any atom is -0.496 e. The van der Waals surface area contributed by atoms with Gasteiger partial charge in [-0.1, -0.05) is 42.5 Å². The first-order valence-corrected chi connectivity index (χ1v) is 6.86. The lowest BCUT2D eigenvalue weighted by molar-refractivity contribution is 0.112. The maximum absolute atomic E-state index is 11.2. The third kappa shape index (κ3) is 2.29. The van der Waals surface area contributed by atoms with Crippen molar-refractivity contribution in [2.75, 3.05) is 7.11 Å². The molecule has 0 saturated heterocycles. The fourth-order valence-corrected chi connectivity index (χ4v) is 2.75. The largest absolute Gasteiger partial charge is 0.496 e. The van der Waals surface area contributed by atoms with Gasteiger partial charge in [-0.3, -0.25) is 4.79 Å². The molecule has 104 valence electrons. The van der Waals surface area contributed by atoms with Crippen molar-refractivity contribution in [2.45, 2.75) is 6.92 Å². The Morgan fingerprint density at radius 3 is 2.57 bits per heavy atom. The average molecular weight is 276 g/mol. The molecule has 0 radical (unpaired) electrons. The lowest BCUT2D eigenvalue weighted by Crippen LogP contribution is -1.92. The number of hydrogen-bond acceptors (Lipinski definition) is 2. The van der Waals surface area contributed by atoms with Gasteiger partial charge in [0.2, 0.25) is 0 Å². The molecule has 3 aromatic carbocycles. The number of carbonyl (C=O) groups is 1. The summed E-state index contributed by atoms with van der Waals surface area (Å²) < 4.78 is 5.21. The highest BCUT2D eigenvalue weighted by atomic mass is 16.5. The molecule has 0 spiro atoms. The van der Waals surface area contributed by atoms with E-state index < -0.39 is 0 Å². The highest BCUT2D eigenvalue weighted by Crippen LogP contribution is 2.33. The van der Waals surface area contributed by atoms with Gasteiger partial charge < -0.3 is 4.74 Å². The Morgan fingerprint density at radius 1 is 1.00 bits per heavy atom. The van der Waals surface area contributed by atoms with E-state index in [2.05, 4.69) is 31.2 Å². The van der Waals surface area contributed by atoms with Gasteiger partial charge in [0, 0.05) is 0 Å². The van der Waals surface area contributed by atoms with Crippen LogP contribution in [0.3, 0.4) is 0 Å². The summed E-state index contributed by atoms with van der Waals surface area (Å²) in [6, 6.07) is 18.3. The monoisotopic (exact) mass is 276 g/mol. The zero-order valence-corrected chi connectivity index (χ0v) is 12.1. The van der Waals surface area contributed by atoms with Crippen molar-refractivity contribution < 1.29 is 9.53 Å². The Morgan fingerprint density at radius 2 is 1.81 bits per heavy atom. The summed E-state index contributed by atoms with van der Waals surface area (Å²) in [5.74, 6) is 0.603. The smallest absolute Gasteiger partial charge is 0.153 e. The van der Waals surface area contributed by atoms with Crippen LogP contribution in [0.15, 0.2) is 54.6 Å². The van der Waals surface area contributed by atoms with Crippen LogP contribution in [0.5, 0.6) is 5.75 Å². The molecular formula is C19H16O2. The summed E-state index contributed by atoms with van der Waals surface area (Å²) in [5.41, 5.74) is 3.96. The summed E-state index contributed by atoms with van der Waals surface area (Å²) in [4.78, 5) is 11.2. The van der Waals surface area contributed by atoms with E-state index in [0.29, 0.717) is 11.3 Å². The van der Waals surface area contributed by atoms with Crippen LogP contribution in [0.25, 0.3) is 21.9 Å². The van der Waals surface area contributed by atoms with Crippen molar-refractivity contribution in [2.24, 2.45) is 0 Å². The number of aldehydes is 1. The van der Waals surface area contributed by atoms with E-state index in [0.717, 1.165) is 11.8 Å². The third-order valence-corrected chi connectivity index (χ3v) is 3.78. The van der Waals surface area contributed by atoms with Gasteiger partial charge in [-0.05, 0) is 46.5 Å². The second-order valence-electron chi connectivity index (χ2n) is 5.05. The minimum atomic E-state index is 0.572. The molecule has 0 bridgehead atoms. The molecule has 2 heteroatoms. The molecule has 0 fully saturated rings. The SMILES string of the molecule is COc1ccc(-c2c(C)ccc3ccccc23)cc1C=O. The highest BCUT2D eigenvalue weighted by Gasteiger charge is 2.10. The normalized spacial score (nSPS) is 10.6. The average Bonchev–Trinajstić information content (AvgIpc) is 2.54. The Balaban J connectivity index is 2.30. The summed E-state index contributed by atoms with van der Waals surface area (Å²) in [6.45, 7) is 2.09. The third-order valence-electron chi connectivity index (χ3n) is 3.78. The van der Waals surface area contributed by atoms with Gasteiger partial charge in [-0.25, -0.2) is 0 Å². The van der Waals surface area contributed by atoms with Crippen LogP contribution >= 0.6 is 0 Å². The summed E-state index contributed by atoms with van der Waals surface area (Å²) >= 11 is 0. The predicted molar refractivity (Wildman–Crippen MR) is 86.1 cm³/mol. The number of fused-ring (bicyclic) bond motifs is 1. The molecule has 0 amide bonds. The van der Waals surface area contributed by atoms with Gasteiger partial charge in [0.25, 0.3) is 0 Å².